The van der Waals surface area contributed by atoms with Crippen LogP contribution in [0.5, 0.6) is 0 Å². The third kappa shape index (κ3) is 5.29. The Labute approximate surface area is 184 Å². The number of rotatable bonds is 5. The van der Waals surface area contributed by atoms with E-state index in [0.29, 0.717) is 42.4 Å². The summed E-state index contributed by atoms with van der Waals surface area (Å²) >= 11 is 0. The van der Waals surface area contributed by atoms with E-state index in [1.54, 1.807) is 5.57 Å². The Morgan fingerprint density at radius 2 is 1.70 bits per heavy atom. The molecule has 3 nitrogen and oxygen atoms in total. The third-order valence-electron chi connectivity index (χ3n) is 8.56. The van der Waals surface area contributed by atoms with Crippen molar-refractivity contribution in [1.82, 2.24) is 0 Å². The second-order valence-electron chi connectivity index (χ2n) is 11.3. The molecule has 3 aliphatic rings. The van der Waals surface area contributed by atoms with E-state index >= 15 is 0 Å². The average Bonchev–Trinajstić information content (AvgIpc) is 3.00. The van der Waals surface area contributed by atoms with Crippen LogP contribution in [0.25, 0.3) is 0 Å². The predicted molar refractivity (Wildman–Crippen MR) is 124 cm³/mol. The standard InChI is InChI=1S/C27H44O3/c1-18(8-9-19(2)26(3,4)30)24-12-13-25-21(7-6-14-27(24,25)5)11-10-20-15-22(28)17-23(29)16-20/h8-11,18-19,22-25,28-30H,6-7,12-17H2,1-5H3/b9-8-,21-11-/t18-,19+,22-,23-,24-,25+,27-/m1/s1. The Balaban J connectivity index is 1.73. The van der Waals surface area contributed by atoms with Gasteiger partial charge in [0.15, 0.2) is 0 Å². The summed E-state index contributed by atoms with van der Waals surface area (Å²) in [6, 6.07) is 0. The van der Waals surface area contributed by atoms with Gasteiger partial charge in [-0.3, -0.25) is 0 Å². The molecule has 3 fully saturated rings. The van der Waals surface area contributed by atoms with Gasteiger partial charge in [-0.05, 0) is 88.4 Å². The smallest absolute Gasteiger partial charge is 0.0651 e. The first-order valence-electron chi connectivity index (χ1n) is 12.2. The summed E-state index contributed by atoms with van der Waals surface area (Å²) in [4.78, 5) is 0. The molecule has 3 heteroatoms. The lowest BCUT2D eigenvalue weighted by Gasteiger charge is -2.44. The quantitative estimate of drug-likeness (QED) is 0.514. The molecule has 3 rings (SSSR count). The van der Waals surface area contributed by atoms with E-state index in [0.717, 1.165) is 0 Å². The lowest BCUT2D eigenvalue weighted by atomic mass is 9.61. The Morgan fingerprint density at radius 3 is 2.33 bits per heavy atom. The van der Waals surface area contributed by atoms with Crippen LogP contribution >= 0.6 is 0 Å². The van der Waals surface area contributed by atoms with Gasteiger partial charge in [-0.15, -0.1) is 0 Å². The van der Waals surface area contributed by atoms with Crippen molar-refractivity contribution in [3.8, 4) is 0 Å². The maximum atomic E-state index is 10.2. The molecule has 0 bridgehead atoms. The summed E-state index contributed by atoms with van der Waals surface area (Å²) in [5.74, 6) is 2.00. The van der Waals surface area contributed by atoms with E-state index in [1.165, 1.54) is 37.7 Å². The Hall–Kier alpha value is -0.900. The lowest BCUT2D eigenvalue weighted by molar-refractivity contribution is 0.0436. The van der Waals surface area contributed by atoms with Crippen molar-refractivity contribution in [2.75, 3.05) is 0 Å². The van der Waals surface area contributed by atoms with Crippen LogP contribution in [-0.2, 0) is 0 Å². The molecule has 30 heavy (non-hydrogen) atoms. The first-order valence-corrected chi connectivity index (χ1v) is 12.2. The first-order chi connectivity index (χ1) is 14.0. The zero-order valence-corrected chi connectivity index (χ0v) is 19.8. The SMILES string of the molecule is C[C@H](/C=C\[C@H](C)C(C)(C)O)[C@H]1CC[C@H]2/C(=C\C=C3C[C@@H](O)C[C@H](O)C3)CCC[C@]12C. The molecule has 0 spiro atoms. The summed E-state index contributed by atoms with van der Waals surface area (Å²) in [5.41, 5.74) is 2.43. The van der Waals surface area contributed by atoms with Crippen molar-refractivity contribution < 1.29 is 15.3 Å². The molecule has 3 saturated carbocycles. The molecule has 0 saturated heterocycles. The van der Waals surface area contributed by atoms with Crippen molar-refractivity contribution in [2.24, 2.45) is 29.1 Å². The molecule has 0 aromatic carbocycles. The van der Waals surface area contributed by atoms with E-state index in [2.05, 4.69) is 45.1 Å². The van der Waals surface area contributed by atoms with Crippen LogP contribution in [0, 0.1) is 29.1 Å². The highest BCUT2D eigenvalue weighted by Gasteiger charge is 2.50. The van der Waals surface area contributed by atoms with Gasteiger partial charge in [0.1, 0.15) is 0 Å². The van der Waals surface area contributed by atoms with Crippen LogP contribution in [0.3, 0.4) is 0 Å². The second-order valence-corrected chi connectivity index (χ2v) is 11.3. The fourth-order valence-corrected chi connectivity index (χ4v) is 6.39. The minimum atomic E-state index is -0.674. The van der Waals surface area contributed by atoms with E-state index in [-0.39, 0.29) is 5.92 Å². The van der Waals surface area contributed by atoms with Gasteiger partial charge in [0.25, 0.3) is 0 Å². The molecule has 170 valence electrons. The van der Waals surface area contributed by atoms with Crippen LogP contribution in [0.2, 0.25) is 0 Å². The van der Waals surface area contributed by atoms with Crippen molar-refractivity contribution in [3.05, 3.63) is 35.5 Å². The molecule has 3 aliphatic carbocycles. The highest BCUT2D eigenvalue weighted by atomic mass is 16.3. The predicted octanol–water partition coefficient (Wildman–Crippen LogP) is 5.56. The molecule has 3 N–H and O–H groups in total. The zero-order chi connectivity index (χ0) is 22.1. The molecule has 7 atom stereocenters. The molecular formula is C27H44O3. The maximum absolute atomic E-state index is 10.2. The summed E-state index contributed by atoms with van der Waals surface area (Å²) < 4.78 is 0. The topological polar surface area (TPSA) is 60.7 Å². The van der Waals surface area contributed by atoms with Crippen LogP contribution in [0.4, 0.5) is 0 Å². The molecule has 0 aliphatic heterocycles. The summed E-state index contributed by atoms with van der Waals surface area (Å²) in [6.45, 7) is 10.7. The van der Waals surface area contributed by atoms with Crippen molar-refractivity contribution in [3.63, 3.8) is 0 Å². The van der Waals surface area contributed by atoms with Gasteiger partial charge in [-0.2, -0.15) is 0 Å². The van der Waals surface area contributed by atoms with Crippen molar-refractivity contribution in [1.29, 1.82) is 0 Å². The van der Waals surface area contributed by atoms with E-state index < -0.39 is 17.8 Å². The minimum Gasteiger partial charge on any atom is -0.393 e. The van der Waals surface area contributed by atoms with Crippen LogP contribution in [0.15, 0.2) is 35.5 Å². The number of allylic oxidation sites excluding steroid dienone is 4. The van der Waals surface area contributed by atoms with Gasteiger partial charge >= 0.3 is 0 Å². The third-order valence-corrected chi connectivity index (χ3v) is 8.56. The van der Waals surface area contributed by atoms with Gasteiger partial charge in [0.05, 0.1) is 17.8 Å². The highest BCUT2D eigenvalue weighted by Crippen LogP contribution is 2.59. The van der Waals surface area contributed by atoms with E-state index in [4.69, 9.17) is 0 Å². The highest BCUT2D eigenvalue weighted by molar-refractivity contribution is 5.26. The van der Waals surface area contributed by atoms with E-state index in [1.807, 2.05) is 13.8 Å². The normalized spacial score (nSPS) is 38.7. The van der Waals surface area contributed by atoms with Gasteiger partial charge in [0, 0.05) is 5.92 Å². The number of hydrogen-bond acceptors (Lipinski definition) is 3. The maximum Gasteiger partial charge on any atom is 0.0651 e. The van der Waals surface area contributed by atoms with Crippen molar-refractivity contribution in [2.45, 2.75) is 104 Å². The Bertz CT molecular complexity index is 671. The average molecular weight is 417 g/mol. The zero-order valence-electron chi connectivity index (χ0n) is 19.8. The number of fused-ring (bicyclic) bond motifs is 1. The van der Waals surface area contributed by atoms with Gasteiger partial charge in [-0.25, -0.2) is 0 Å². The molecule has 0 radical (unpaired) electrons. The van der Waals surface area contributed by atoms with Crippen LogP contribution < -0.4 is 0 Å². The van der Waals surface area contributed by atoms with Crippen LogP contribution in [-0.4, -0.2) is 33.1 Å². The largest absolute Gasteiger partial charge is 0.393 e. The van der Waals surface area contributed by atoms with Gasteiger partial charge in [-0.1, -0.05) is 56.2 Å². The minimum absolute atomic E-state index is 0.152. The van der Waals surface area contributed by atoms with Gasteiger partial charge in [0.2, 0.25) is 0 Å². The Kier molecular flexibility index (Phi) is 7.37. The molecule has 0 aromatic rings. The number of aliphatic hydroxyl groups excluding tert-OH is 2. The molecule has 0 heterocycles. The summed E-state index contributed by atoms with van der Waals surface area (Å²) in [7, 11) is 0. The molecule has 0 amide bonds. The molecular weight excluding hydrogens is 372 g/mol. The number of hydrogen-bond donors (Lipinski definition) is 3. The fourth-order valence-electron chi connectivity index (χ4n) is 6.39. The Morgan fingerprint density at radius 1 is 1.03 bits per heavy atom. The number of aliphatic hydroxyl groups is 3. The summed E-state index contributed by atoms with van der Waals surface area (Å²) in [6.07, 6.45) is 16.5. The first kappa shape index (κ1) is 23.8. The molecule has 0 aromatic heterocycles. The summed E-state index contributed by atoms with van der Waals surface area (Å²) in [5, 5.41) is 30.2. The second kappa shape index (κ2) is 9.30. The lowest BCUT2D eigenvalue weighted by Crippen LogP contribution is -2.35. The van der Waals surface area contributed by atoms with Crippen LogP contribution in [0.1, 0.15) is 86.0 Å². The monoisotopic (exact) mass is 416 g/mol. The van der Waals surface area contributed by atoms with Gasteiger partial charge < -0.3 is 15.3 Å². The fraction of sp³-hybridized carbons (Fsp3) is 0.778. The van der Waals surface area contributed by atoms with Crippen molar-refractivity contribution >= 4 is 0 Å². The van der Waals surface area contributed by atoms with E-state index in [9.17, 15) is 15.3 Å². The molecule has 0 unspecified atom stereocenters.